The lowest BCUT2D eigenvalue weighted by atomic mass is 9.89. The number of rotatable bonds is 5. The van der Waals surface area contributed by atoms with Crippen molar-refractivity contribution in [2.24, 2.45) is 0 Å². The molecule has 0 bridgehead atoms. The highest BCUT2D eigenvalue weighted by atomic mass is 16.5. The van der Waals surface area contributed by atoms with E-state index in [0.717, 1.165) is 22.6 Å². The molecular weight excluding hydrogens is 354 g/mol. The fraction of sp³-hybridized carbons (Fsp3) is 0.435. The van der Waals surface area contributed by atoms with Crippen LogP contribution in [0.15, 0.2) is 36.4 Å². The van der Waals surface area contributed by atoms with E-state index in [9.17, 15) is 4.79 Å². The molecule has 1 aliphatic heterocycles. The lowest BCUT2D eigenvalue weighted by Gasteiger charge is -2.38. The highest BCUT2D eigenvalue weighted by Crippen LogP contribution is 2.41. The quantitative estimate of drug-likeness (QED) is 0.826. The lowest BCUT2D eigenvalue weighted by Crippen LogP contribution is -2.44. The summed E-state index contributed by atoms with van der Waals surface area (Å²) in [6.07, 6.45) is 0.0730. The molecule has 0 spiro atoms. The number of methoxy groups -OCH3 is 1. The van der Waals surface area contributed by atoms with E-state index in [-0.39, 0.29) is 11.9 Å². The Labute approximate surface area is 167 Å². The first-order valence-corrected chi connectivity index (χ1v) is 9.60. The van der Waals surface area contributed by atoms with Crippen LogP contribution in [-0.4, -0.2) is 24.7 Å². The molecule has 1 aliphatic rings. The first-order chi connectivity index (χ1) is 13.2. The second-order valence-corrected chi connectivity index (χ2v) is 8.04. The standard InChI is InChI=1S/C23H29NO4/c1-14-7-8-18(11-15(14)2)27-16(3)22(25)24-20-13-23(4,5)28-21-12-17(26-6)9-10-19(20)21/h7-12,16,20H,13H2,1-6H3,(H,24,25)/t16-,20+/m0/s1. The highest BCUT2D eigenvalue weighted by molar-refractivity contribution is 5.81. The Morgan fingerprint density at radius 1 is 1.14 bits per heavy atom. The fourth-order valence-corrected chi connectivity index (χ4v) is 3.42. The lowest BCUT2D eigenvalue weighted by molar-refractivity contribution is -0.128. The zero-order valence-corrected chi connectivity index (χ0v) is 17.5. The summed E-state index contributed by atoms with van der Waals surface area (Å²) in [6.45, 7) is 9.88. The summed E-state index contributed by atoms with van der Waals surface area (Å²) in [5, 5.41) is 3.13. The third kappa shape index (κ3) is 4.41. The summed E-state index contributed by atoms with van der Waals surface area (Å²) in [6, 6.07) is 11.4. The predicted molar refractivity (Wildman–Crippen MR) is 109 cm³/mol. The molecule has 2 aromatic rings. The summed E-state index contributed by atoms with van der Waals surface area (Å²) in [5.74, 6) is 2.02. The van der Waals surface area contributed by atoms with Crippen LogP contribution in [0.5, 0.6) is 17.2 Å². The number of ether oxygens (including phenoxy) is 3. The molecule has 0 fully saturated rings. The minimum atomic E-state index is -0.602. The van der Waals surface area contributed by atoms with Crippen LogP contribution >= 0.6 is 0 Å². The van der Waals surface area contributed by atoms with Crippen molar-refractivity contribution in [1.82, 2.24) is 5.32 Å². The molecular formula is C23H29NO4. The highest BCUT2D eigenvalue weighted by Gasteiger charge is 2.35. The number of benzene rings is 2. The first-order valence-electron chi connectivity index (χ1n) is 9.60. The van der Waals surface area contributed by atoms with Crippen molar-refractivity contribution in [2.75, 3.05) is 7.11 Å². The molecule has 1 N–H and O–H groups in total. The summed E-state index contributed by atoms with van der Waals surface area (Å²) in [4.78, 5) is 12.8. The van der Waals surface area contributed by atoms with Crippen LogP contribution in [0, 0.1) is 13.8 Å². The van der Waals surface area contributed by atoms with E-state index in [4.69, 9.17) is 14.2 Å². The maximum absolute atomic E-state index is 12.8. The van der Waals surface area contributed by atoms with Gasteiger partial charge in [0, 0.05) is 18.1 Å². The Morgan fingerprint density at radius 2 is 1.86 bits per heavy atom. The van der Waals surface area contributed by atoms with Gasteiger partial charge in [0.1, 0.15) is 22.8 Å². The number of hydrogen-bond donors (Lipinski definition) is 1. The third-order valence-electron chi connectivity index (χ3n) is 5.16. The van der Waals surface area contributed by atoms with Gasteiger partial charge in [0.05, 0.1) is 13.2 Å². The topological polar surface area (TPSA) is 56.8 Å². The zero-order valence-electron chi connectivity index (χ0n) is 17.5. The van der Waals surface area contributed by atoms with Crippen LogP contribution in [0.25, 0.3) is 0 Å². The van der Waals surface area contributed by atoms with Crippen molar-refractivity contribution in [2.45, 2.75) is 58.8 Å². The molecule has 0 saturated heterocycles. The van der Waals surface area contributed by atoms with Gasteiger partial charge in [-0.1, -0.05) is 6.07 Å². The van der Waals surface area contributed by atoms with Crippen molar-refractivity contribution in [3.8, 4) is 17.2 Å². The molecule has 5 heteroatoms. The van der Waals surface area contributed by atoms with E-state index in [1.807, 2.05) is 57.2 Å². The second-order valence-electron chi connectivity index (χ2n) is 8.04. The van der Waals surface area contributed by atoms with E-state index < -0.39 is 11.7 Å². The van der Waals surface area contributed by atoms with Crippen LogP contribution in [0.3, 0.4) is 0 Å². The average Bonchev–Trinajstić information content (AvgIpc) is 2.63. The number of carbonyl (C=O) groups excluding carboxylic acids is 1. The van der Waals surface area contributed by atoms with Gasteiger partial charge in [0.25, 0.3) is 5.91 Å². The van der Waals surface area contributed by atoms with Gasteiger partial charge in [-0.3, -0.25) is 4.79 Å². The Bertz CT molecular complexity index is 875. The van der Waals surface area contributed by atoms with Gasteiger partial charge in [-0.25, -0.2) is 0 Å². The van der Waals surface area contributed by atoms with Gasteiger partial charge in [0.2, 0.25) is 0 Å². The van der Waals surface area contributed by atoms with Gasteiger partial charge in [-0.2, -0.15) is 0 Å². The minimum absolute atomic E-state index is 0.150. The van der Waals surface area contributed by atoms with Crippen molar-refractivity contribution in [3.63, 3.8) is 0 Å². The SMILES string of the molecule is COc1ccc2c(c1)OC(C)(C)C[C@H]2NC(=O)[C@H](C)Oc1ccc(C)c(C)c1. The molecule has 2 atom stereocenters. The van der Waals surface area contributed by atoms with Crippen molar-refractivity contribution in [1.29, 1.82) is 0 Å². The molecule has 5 nitrogen and oxygen atoms in total. The largest absolute Gasteiger partial charge is 0.497 e. The summed E-state index contributed by atoms with van der Waals surface area (Å²) in [5.41, 5.74) is 2.89. The van der Waals surface area contributed by atoms with Crippen molar-refractivity contribution in [3.05, 3.63) is 53.1 Å². The second kappa shape index (κ2) is 7.74. The molecule has 1 heterocycles. The van der Waals surface area contributed by atoms with E-state index >= 15 is 0 Å². The Hall–Kier alpha value is -2.69. The maximum Gasteiger partial charge on any atom is 0.261 e. The number of hydrogen-bond acceptors (Lipinski definition) is 4. The number of fused-ring (bicyclic) bond motifs is 1. The molecule has 0 aromatic heterocycles. The summed E-state index contributed by atoms with van der Waals surface area (Å²) >= 11 is 0. The summed E-state index contributed by atoms with van der Waals surface area (Å²) < 4.78 is 17.3. The molecule has 0 saturated carbocycles. The van der Waals surface area contributed by atoms with Gasteiger partial charge < -0.3 is 19.5 Å². The van der Waals surface area contributed by atoms with E-state index in [1.54, 1.807) is 14.0 Å². The molecule has 150 valence electrons. The molecule has 1 amide bonds. The number of carbonyl (C=O) groups is 1. The zero-order chi connectivity index (χ0) is 20.5. The Morgan fingerprint density at radius 3 is 2.54 bits per heavy atom. The molecule has 0 unspecified atom stereocenters. The molecule has 3 rings (SSSR count). The molecule has 0 radical (unpaired) electrons. The molecule has 2 aromatic carbocycles. The maximum atomic E-state index is 12.8. The van der Waals surface area contributed by atoms with E-state index in [1.165, 1.54) is 5.56 Å². The third-order valence-corrected chi connectivity index (χ3v) is 5.16. The average molecular weight is 383 g/mol. The first kappa shape index (κ1) is 20.1. The van der Waals surface area contributed by atoms with Gasteiger partial charge in [-0.05, 0) is 70.0 Å². The number of nitrogens with one attached hydrogen (secondary N) is 1. The molecule has 28 heavy (non-hydrogen) atoms. The fourth-order valence-electron chi connectivity index (χ4n) is 3.42. The van der Waals surface area contributed by atoms with Crippen LogP contribution < -0.4 is 19.5 Å². The van der Waals surface area contributed by atoms with Crippen LogP contribution in [-0.2, 0) is 4.79 Å². The number of amides is 1. The minimum Gasteiger partial charge on any atom is -0.497 e. The van der Waals surface area contributed by atoms with Crippen LogP contribution in [0.2, 0.25) is 0 Å². The Kier molecular flexibility index (Phi) is 5.54. The van der Waals surface area contributed by atoms with E-state index in [2.05, 4.69) is 12.2 Å². The summed E-state index contributed by atoms with van der Waals surface area (Å²) in [7, 11) is 1.63. The van der Waals surface area contributed by atoms with Crippen molar-refractivity contribution >= 4 is 5.91 Å². The van der Waals surface area contributed by atoms with Crippen LogP contribution in [0.1, 0.15) is 49.9 Å². The normalized spacial score (nSPS) is 18.4. The van der Waals surface area contributed by atoms with Gasteiger partial charge in [0.15, 0.2) is 6.10 Å². The Balaban J connectivity index is 1.74. The van der Waals surface area contributed by atoms with Crippen molar-refractivity contribution < 1.29 is 19.0 Å². The smallest absolute Gasteiger partial charge is 0.261 e. The monoisotopic (exact) mass is 383 g/mol. The predicted octanol–water partition coefficient (Wildman–Crippen LogP) is 4.50. The number of aryl methyl sites for hydroxylation is 2. The van der Waals surface area contributed by atoms with E-state index in [0.29, 0.717) is 12.2 Å². The van der Waals surface area contributed by atoms with Crippen LogP contribution in [0.4, 0.5) is 0 Å². The molecule has 0 aliphatic carbocycles. The van der Waals surface area contributed by atoms with Gasteiger partial charge in [-0.15, -0.1) is 0 Å². The van der Waals surface area contributed by atoms with Gasteiger partial charge >= 0.3 is 0 Å².